The molecule has 2 N–H and O–H groups in total. The van der Waals surface area contributed by atoms with Crippen LogP contribution in [0.3, 0.4) is 0 Å². The van der Waals surface area contributed by atoms with Gasteiger partial charge < -0.3 is 15.1 Å². The van der Waals surface area contributed by atoms with E-state index >= 15 is 0 Å². The lowest BCUT2D eigenvalue weighted by Crippen LogP contribution is -2.55. The molecule has 0 aliphatic carbocycles. The number of furan rings is 1. The van der Waals surface area contributed by atoms with E-state index in [2.05, 4.69) is 0 Å². The summed E-state index contributed by atoms with van der Waals surface area (Å²) in [6.07, 6.45) is 0.742. The van der Waals surface area contributed by atoms with Gasteiger partial charge in [0.05, 0.1) is 0 Å². The van der Waals surface area contributed by atoms with Crippen LogP contribution >= 0.6 is 0 Å². The second kappa shape index (κ2) is 3.42. The minimum Gasteiger partial charge on any atom is -0.437 e. The number of hydrogen-bond acceptors (Lipinski definition) is 4. The highest BCUT2D eigenvalue weighted by Gasteiger charge is 2.34. The molecule has 0 bridgehead atoms. The number of carbonyl (C=O) groups is 2. The standard InChI is InChI=1S/C10H12N2O3/c1-6(13)8-2-3-9(15-8)12-5-4-7(12)10(11)14/h2-3,7H,4-5H2,1H3,(H2,11,14). The summed E-state index contributed by atoms with van der Waals surface area (Å²) in [4.78, 5) is 23.7. The summed E-state index contributed by atoms with van der Waals surface area (Å²) < 4.78 is 5.30. The third-order valence-corrected chi connectivity index (χ3v) is 2.57. The van der Waals surface area contributed by atoms with Crippen LogP contribution in [0.1, 0.15) is 23.9 Å². The highest BCUT2D eigenvalue weighted by molar-refractivity contribution is 5.92. The lowest BCUT2D eigenvalue weighted by atomic mass is 10.0. The van der Waals surface area contributed by atoms with Gasteiger partial charge in [0.25, 0.3) is 0 Å². The third-order valence-electron chi connectivity index (χ3n) is 2.57. The molecule has 0 spiro atoms. The smallest absolute Gasteiger partial charge is 0.240 e. The third kappa shape index (κ3) is 1.60. The molecule has 0 saturated carbocycles. The number of carbonyl (C=O) groups excluding carboxylic acids is 2. The topological polar surface area (TPSA) is 76.5 Å². The molecular formula is C10H12N2O3. The van der Waals surface area contributed by atoms with Crippen molar-refractivity contribution in [3.63, 3.8) is 0 Å². The van der Waals surface area contributed by atoms with Gasteiger partial charge in [-0.3, -0.25) is 9.59 Å². The Hall–Kier alpha value is -1.78. The predicted molar refractivity (Wildman–Crippen MR) is 53.7 cm³/mol. The van der Waals surface area contributed by atoms with Crippen molar-refractivity contribution in [3.05, 3.63) is 17.9 Å². The number of primary amides is 1. The Balaban J connectivity index is 2.16. The first-order valence-corrected chi connectivity index (χ1v) is 4.76. The molecule has 1 aliphatic heterocycles. The number of anilines is 1. The van der Waals surface area contributed by atoms with E-state index in [9.17, 15) is 9.59 Å². The minimum atomic E-state index is -0.359. The first-order chi connectivity index (χ1) is 7.09. The Morgan fingerprint density at radius 2 is 2.27 bits per heavy atom. The maximum absolute atomic E-state index is 11.0. The van der Waals surface area contributed by atoms with Crippen LogP contribution in [-0.2, 0) is 4.79 Å². The molecule has 1 fully saturated rings. The van der Waals surface area contributed by atoms with E-state index in [1.54, 1.807) is 17.0 Å². The largest absolute Gasteiger partial charge is 0.437 e. The van der Waals surface area contributed by atoms with Gasteiger partial charge in [-0.25, -0.2) is 0 Å². The van der Waals surface area contributed by atoms with Crippen LogP contribution in [0.4, 0.5) is 5.88 Å². The fourth-order valence-corrected chi connectivity index (χ4v) is 1.62. The average molecular weight is 208 g/mol. The predicted octanol–water partition coefficient (Wildman–Crippen LogP) is 0.546. The van der Waals surface area contributed by atoms with Gasteiger partial charge in [0.1, 0.15) is 6.04 Å². The van der Waals surface area contributed by atoms with Crippen molar-refractivity contribution >= 4 is 17.6 Å². The first kappa shape index (κ1) is 9.76. The summed E-state index contributed by atoms with van der Waals surface area (Å²) in [5, 5.41) is 0. The van der Waals surface area contributed by atoms with E-state index < -0.39 is 0 Å². The van der Waals surface area contributed by atoms with Crippen molar-refractivity contribution in [3.8, 4) is 0 Å². The molecule has 80 valence electrons. The van der Waals surface area contributed by atoms with Crippen molar-refractivity contribution in [2.45, 2.75) is 19.4 Å². The van der Waals surface area contributed by atoms with Crippen LogP contribution in [-0.4, -0.2) is 24.3 Å². The maximum Gasteiger partial charge on any atom is 0.240 e. The van der Waals surface area contributed by atoms with E-state index in [1.165, 1.54) is 6.92 Å². The molecule has 1 saturated heterocycles. The molecule has 0 aromatic carbocycles. The van der Waals surface area contributed by atoms with E-state index in [1.807, 2.05) is 0 Å². The van der Waals surface area contributed by atoms with Gasteiger partial charge in [0, 0.05) is 19.5 Å². The molecule has 15 heavy (non-hydrogen) atoms. The summed E-state index contributed by atoms with van der Waals surface area (Å²) >= 11 is 0. The van der Waals surface area contributed by atoms with Crippen molar-refractivity contribution in [2.24, 2.45) is 5.73 Å². The van der Waals surface area contributed by atoms with Crippen molar-refractivity contribution in [1.29, 1.82) is 0 Å². The molecule has 1 unspecified atom stereocenters. The summed E-state index contributed by atoms with van der Waals surface area (Å²) in [6.45, 7) is 2.17. The highest BCUT2D eigenvalue weighted by atomic mass is 16.4. The van der Waals surface area contributed by atoms with Gasteiger partial charge >= 0.3 is 0 Å². The SMILES string of the molecule is CC(=O)c1ccc(N2CCC2C(N)=O)o1. The lowest BCUT2D eigenvalue weighted by Gasteiger charge is -2.38. The van der Waals surface area contributed by atoms with E-state index in [-0.39, 0.29) is 17.7 Å². The highest BCUT2D eigenvalue weighted by Crippen LogP contribution is 2.28. The summed E-state index contributed by atoms with van der Waals surface area (Å²) in [6, 6.07) is 3.00. The molecule has 1 amide bonds. The van der Waals surface area contributed by atoms with Crippen LogP contribution in [0, 0.1) is 0 Å². The zero-order valence-electron chi connectivity index (χ0n) is 8.40. The van der Waals surface area contributed by atoms with Gasteiger partial charge in [-0.2, -0.15) is 0 Å². The number of Topliss-reactive ketones (excluding diaryl/α,β-unsaturated/α-hetero) is 1. The van der Waals surface area contributed by atoms with Gasteiger partial charge in [-0.15, -0.1) is 0 Å². The molecule has 1 aliphatic rings. The molecule has 1 atom stereocenters. The molecule has 1 aromatic rings. The summed E-state index contributed by atoms with van der Waals surface area (Å²) in [7, 11) is 0. The number of rotatable bonds is 3. The van der Waals surface area contributed by atoms with Crippen LogP contribution in [0.2, 0.25) is 0 Å². The fourth-order valence-electron chi connectivity index (χ4n) is 1.62. The Morgan fingerprint density at radius 1 is 1.53 bits per heavy atom. The van der Waals surface area contributed by atoms with Crippen molar-refractivity contribution in [2.75, 3.05) is 11.4 Å². The molecule has 5 heteroatoms. The second-order valence-electron chi connectivity index (χ2n) is 3.59. The Kier molecular flexibility index (Phi) is 2.22. The number of amides is 1. The van der Waals surface area contributed by atoms with Crippen molar-refractivity contribution < 1.29 is 14.0 Å². The maximum atomic E-state index is 11.0. The summed E-state index contributed by atoms with van der Waals surface area (Å²) in [5.74, 6) is 0.356. The molecular weight excluding hydrogens is 196 g/mol. The first-order valence-electron chi connectivity index (χ1n) is 4.76. The lowest BCUT2D eigenvalue weighted by molar-refractivity contribution is -0.120. The minimum absolute atomic E-state index is 0.127. The average Bonchev–Trinajstić information content (AvgIpc) is 2.49. The van der Waals surface area contributed by atoms with Crippen LogP contribution < -0.4 is 10.6 Å². The molecule has 5 nitrogen and oxygen atoms in total. The molecule has 2 rings (SSSR count). The monoisotopic (exact) mass is 208 g/mol. The fraction of sp³-hybridized carbons (Fsp3) is 0.400. The Morgan fingerprint density at radius 3 is 2.67 bits per heavy atom. The zero-order chi connectivity index (χ0) is 11.0. The zero-order valence-corrected chi connectivity index (χ0v) is 8.40. The van der Waals surface area contributed by atoms with E-state index in [0.717, 1.165) is 13.0 Å². The summed E-state index contributed by atoms with van der Waals surface area (Å²) in [5.41, 5.74) is 5.20. The second-order valence-corrected chi connectivity index (χ2v) is 3.59. The Bertz CT molecular complexity index is 411. The van der Waals surface area contributed by atoms with Gasteiger partial charge in [-0.05, 0) is 12.5 Å². The molecule has 2 heterocycles. The van der Waals surface area contributed by atoms with Crippen LogP contribution in [0.25, 0.3) is 0 Å². The van der Waals surface area contributed by atoms with Gasteiger partial charge in [0.15, 0.2) is 17.4 Å². The Labute approximate surface area is 86.8 Å². The number of hydrogen-bond donors (Lipinski definition) is 1. The van der Waals surface area contributed by atoms with E-state index in [4.69, 9.17) is 10.2 Å². The van der Waals surface area contributed by atoms with Crippen LogP contribution in [0.15, 0.2) is 16.5 Å². The van der Waals surface area contributed by atoms with E-state index in [0.29, 0.717) is 11.6 Å². The van der Waals surface area contributed by atoms with Gasteiger partial charge in [0.2, 0.25) is 5.91 Å². The van der Waals surface area contributed by atoms with Crippen molar-refractivity contribution in [1.82, 2.24) is 0 Å². The quantitative estimate of drug-likeness (QED) is 0.736. The number of ketones is 1. The number of nitrogens with zero attached hydrogens (tertiary/aromatic N) is 1. The molecule has 0 radical (unpaired) electrons. The molecule has 1 aromatic heterocycles. The van der Waals surface area contributed by atoms with Crippen LogP contribution in [0.5, 0.6) is 0 Å². The normalized spacial score (nSPS) is 19.8. The number of nitrogens with two attached hydrogens (primary N) is 1. The van der Waals surface area contributed by atoms with Gasteiger partial charge in [-0.1, -0.05) is 0 Å².